The summed E-state index contributed by atoms with van der Waals surface area (Å²) in [7, 11) is 0. The van der Waals surface area contributed by atoms with Crippen molar-refractivity contribution in [1.82, 2.24) is 9.55 Å². The fraction of sp³-hybridized carbons (Fsp3) is 0.545. The monoisotopic (exact) mass is 280 g/mol. The quantitative estimate of drug-likeness (QED) is 0.795. The van der Waals surface area contributed by atoms with E-state index in [1.165, 1.54) is 0 Å². The van der Waals surface area contributed by atoms with Gasteiger partial charge in [0, 0.05) is 11.9 Å². The highest BCUT2D eigenvalue weighted by Gasteiger charge is 2.16. The van der Waals surface area contributed by atoms with Crippen LogP contribution in [0.1, 0.15) is 25.2 Å². The van der Waals surface area contributed by atoms with E-state index in [-0.39, 0.29) is 5.69 Å². The molecule has 0 bridgehead atoms. The van der Waals surface area contributed by atoms with Crippen LogP contribution in [0, 0.1) is 34.5 Å². The number of hydrogen-bond donors (Lipinski definition) is 0. The average molecular weight is 281 g/mol. The van der Waals surface area contributed by atoms with Crippen LogP contribution >= 0.6 is 15.9 Å². The highest BCUT2D eigenvalue weighted by atomic mass is 79.9. The van der Waals surface area contributed by atoms with Crippen LogP contribution in [-0.2, 0) is 6.54 Å². The molecule has 0 spiro atoms. The van der Waals surface area contributed by atoms with E-state index in [1.807, 2.05) is 12.1 Å². The lowest BCUT2D eigenvalue weighted by Gasteiger charge is -2.18. The van der Waals surface area contributed by atoms with Crippen LogP contribution in [0.15, 0.2) is 6.33 Å². The number of aromatic nitrogens is 2. The molecule has 0 amide bonds. The largest absolute Gasteiger partial charge is 0.321 e. The molecule has 16 heavy (non-hydrogen) atoms. The van der Waals surface area contributed by atoms with E-state index >= 15 is 0 Å². The van der Waals surface area contributed by atoms with Gasteiger partial charge in [0.15, 0.2) is 11.4 Å². The third-order valence-corrected chi connectivity index (χ3v) is 3.45. The van der Waals surface area contributed by atoms with E-state index in [9.17, 15) is 0 Å². The van der Waals surface area contributed by atoms with Crippen LogP contribution in [-0.4, -0.2) is 14.9 Å². The van der Waals surface area contributed by atoms with Crippen molar-refractivity contribution in [3.8, 4) is 12.1 Å². The normalized spacial score (nSPS) is 12.1. The summed E-state index contributed by atoms with van der Waals surface area (Å²) in [6.07, 6.45) is 1.56. The van der Waals surface area contributed by atoms with Crippen LogP contribution in [0.5, 0.6) is 0 Å². The summed E-state index contributed by atoms with van der Waals surface area (Å²) in [6, 6.07) is 3.95. The zero-order chi connectivity index (χ0) is 12.1. The van der Waals surface area contributed by atoms with E-state index in [2.05, 4.69) is 34.8 Å². The maximum absolute atomic E-state index is 8.97. The number of halogens is 1. The molecule has 1 unspecified atom stereocenters. The Morgan fingerprint density at radius 2 is 2.12 bits per heavy atom. The van der Waals surface area contributed by atoms with E-state index in [0.29, 0.717) is 24.1 Å². The molecule has 1 atom stereocenters. The Morgan fingerprint density at radius 3 is 2.56 bits per heavy atom. The van der Waals surface area contributed by atoms with Crippen LogP contribution in [0.25, 0.3) is 0 Å². The van der Waals surface area contributed by atoms with Gasteiger partial charge in [0.2, 0.25) is 0 Å². The molecular weight excluding hydrogens is 268 g/mol. The summed E-state index contributed by atoms with van der Waals surface area (Å²) < 4.78 is 1.75. The number of rotatable bonds is 4. The Kier molecular flexibility index (Phi) is 4.52. The lowest BCUT2D eigenvalue weighted by molar-refractivity contribution is 0.372. The zero-order valence-electron chi connectivity index (χ0n) is 9.31. The summed E-state index contributed by atoms with van der Waals surface area (Å²) in [6.45, 7) is 4.99. The van der Waals surface area contributed by atoms with Crippen molar-refractivity contribution in [2.45, 2.75) is 20.4 Å². The topological polar surface area (TPSA) is 65.4 Å². The van der Waals surface area contributed by atoms with Crippen molar-refractivity contribution in [3.05, 3.63) is 17.7 Å². The maximum atomic E-state index is 8.97. The van der Waals surface area contributed by atoms with Gasteiger partial charge in [0.1, 0.15) is 12.1 Å². The lowest BCUT2D eigenvalue weighted by Crippen LogP contribution is -2.18. The molecule has 0 saturated heterocycles. The molecule has 0 radical (unpaired) electrons. The summed E-state index contributed by atoms with van der Waals surface area (Å²) >= 11 is 3.46. The number of nitrogens with zero attached hydrogens (tertiary/aromatic N) is 4. The summed E-state index contributed by atoms with van der Waals surface area (Å²) in [5.74, 6) is 0.937. The van der Waals surface area contributed by atoms with Gasteiger partial charge in [-0.2, -0.15) is 10.5 Å². The van der Waals surface area contributed by atoms with Gasteiger partial charge in [-0.05, 0) is 11.8 Å². The maximum Gasteiger partial charge on any atom is 0.176 e. The highest BCUT2D eigenvalue weighted by Crippen LogP contribution is 2.18. The molecule has 0 aromatic carbocycles. The average Bonchev–Trinajstić information content (AvgIpc) is 2.67. The second kappa shape index (κ2) is 5.67. The van der Waals surface area contributed by atoms with Crippen LogP contribution in [0.2, 0.25) is 0 Å². The Morgan fingerprint density at radius 1 is 1.44 bits per heavy atom. The molecule has 5 heteroatoms. The molecule has 0 aliphatic rings. The van der Waals surface area contributed by atoms with Crippen LogP contribution in [0.4, 0.5) is 0 Å². The van der Waals surface area contributed by atoms with E-state index in [0.717, 1.165) is 5.33 Å². The number of hydrogen-bond acceptors (Lipinski definition) is 3. The summed E-state index contributed by atoms with van der Waals surface area (Å²) in [5.41, 5.74) is 0.564. The van der Waals surface area contributed by atoms with Gasteiger partial charge in [0.05, 0.1) is 6.33 Å². The van der Waals surface area contributed by atoms with E-state index < -0.39 is 0 Å². The molecule has 4 nitrogen and oxygen atoms in total. The molecular formula is C11H13BrN4. The zero-order valence-corrected chi connectivity index (χ0v) is 10.9. The Hall–Kier alpha value is -1.33. The minimum absolute atomic E-state index is 0.208. The Balaban J connectivity index is 2.94. The molecule has 0 aliphatic heterocycles. The van der Waals surface area contributed by atoms with Crippen LogP contribution in [0.3, 0.4) is 0 Å². The highest BCUT2D eigenvalue weighted by molar-refractivity contribution is 9.09. The van der Waals surface area contributed by atoms with E-state index in [4.69, 9.17) is 10.5 Å². The minimum Gasteiger partial charge on any atom is -0.321 e. The molecule has 0 N–H and O–H groups in total. The molecule has 1 aromatic heterocycles. The van der Waals surface area contributed by atoms with Gasteiger partial charge in [-0.15, -0.1) is 0 Å². The SMILES string of the molecule is CC(C)C(CBr)Cn1cnc(C#N)c1C#N. The second-order valence-electron chi connectivity index (χ2n) is 3.98. The van der Waals surface area contributed by atoms with Crippen molar-refractivity contribution < 1.29 is 0 Å². The summed E-state index contributed by atoms with van der Waals surface area (Å²) in [4.78, 5) is 3.92. The fourth-order valence-corrected chi connectivity index (χ4v) is 2.36. The molecule has 0 saturated carbocycles. The second-order valence-corrected chi connectivity index (χ2v) is 4.62. The number of alkyl halides is 1. The Bertz CT molecular complexity index is 436. The fourth-order valence-electron chi connectivity index (χ4n) is 1.41. The van der Waals surface area contributed by atoms with Gasteiger partial charge < -0.3 is 4.57 Å². The molecule has 84 valence electrons. The first-order valence-electron chi connectivity index (χ1n) is 5.05. The molecule has 1 aromatic rings. The third kappa shape index (κ3) is 2.62. The molecule has 1 rings (SSSR count). The first-order valence-corrected chi connectivity index (χ1v) is 6.17. The van der Waals surface area contributed by atoms with Crippen molar-refractivity contribution in [3.63, 3.8) is 0 Å². The predicted octanol–water partition coefficient (Wildman–Crippen LogP) is 2.29. The number of imidazole rings is 1. The van der Waals surface area contributed by atoms with Gasteiger partial charge in [-0.25, -0.2) is 4.98 Å². The molecule has 0 fully saturated rings. The predicted molar refractivity (Wildman–Crippen MR) is 63.8 cm³/mol. The molecule has 0 aliphatic carbocycles. The first kappa shape index (κ1) is 12.7. The smallest absolute Gasteiger partial charge is 0.176 e. The molecule has 1 heterocycles. The van der Waals surface area contributed by atoms with Gasteiger partial charge >= 0.3 is 0 Å². The van der Waals surface area contributed by atoms with E-state index in [1.54, 1.807) is 10.9 Å². The van der Waals surface area contributed by atoms with Crippen molar-refractivity contribution in [2.24, 2.45) is 11.8 Å². The Labute approximate surface area is 104 Å². The minimum atomic E-state index is 0.208. The first-order chi connectivity index (χ1) is 7.63. The lowest BCUT2D eigenvalue weighted by atomic mass is 9.98. The van der Waals surface area contributed by atoms with Gasteiger partial charge in [-0.1, -0.05) is 29.8 Å². The standard InChI is InChI=1S/C11H13BrN4/c1-8(2)9(3-12)6-16-7-15-10(4-13)11(16)5-14/h7-9H,3,6H2,1-2H3. The third-order valence-electron chi connectivity index (χ3n) is 2.62. The van der Waals surface area contributed by atoms with Crippen molar-refractivity contribution in [1.29, 1.82) is 10.5 Å². The van der Waals surface area contributed by atoms with Crippen LogP contribution < -0.4 is 0 Å². The van der Waals surface area contributed by atoms with Crippen molar-refractivity contribution in [2.75, 3.05) is 5.33 Å². The van der Waals surface area contributed by atoms with Gasteiger partial charge in [0.25, 0.3) is 0 Å². The summed E-state index contributed by atoms with van der Waals surface area (Å²) in [5, 5.41) is 18.6. The van der Waals surface area contributed by atoms with Gasteiger partial charge in [-0.3, -0.25) is 0 Å². The number of nitriles is 2. The van der Waals surface area contributed by atoms with Crippen molar-refractivity contribution >= 4 is 15.9 Å².